The monoisotopic (exact) mass is 489 g/mol. The number of hydrogen-bond donors (Lipinski definition) is 2. The Bertz CT molecular complexity index is 1300. The van der Waals surface area contributed by atoms with Crippen LogP contribution in [0.4, 0.5) is 0 Å². The van der Waals surface area contributed by atoms with Gasteiger partial charge in [0.15, 0.2) is 0 Å². The summed E-state index contributed by atoms with van der Waals surface area (Å²) >= 11 is 0. The van der Waals surface area contributed by atoms with E-state index in [2.05, 4.69) is 20.1 Å². The number of benzene rings is 1. The van der Waals surface area contributed by atoms with E-state index in [1.165, 1.54) is 32.7 Å². The normalized spacial score (nSPS) is 16.1. The summed E-state index contributed by atoms with van der Waals surface area (Å²) in [5, 5.41) is 21.2. The molecule has 0 unspecified atom stereocenters. The van der Waals surface area contributed by atoms with Crippen molar-refractivity contribution in [2.45, 2.75) is 24.0 Å². The number of likely N-dealkylation sites (tertiary alicyclic amines) is 1. The number of carboxylic acid groups (broad SMARTS) is 1. The fraction of sp³-hybridized carbons (Fsp3) is 0.350. The molecule has 1 aliphatic rings. The topological polar surface area (TPSA) is 162 Å². The number of carboxylic acids is 1. The van der Waals surface area contributed by atoms with E-state index in [1.807, 2.05) is 0 Å². The third kappa shape index (κ3) is 5.30. The Balaban J connectivity index is 1.27. The largest absolute Gasteiger partial charge is 0.478 e. The number of nitrogens with zero attached hydrogens (tertiary/aromatic N) is 6. The smallest absolute Gasteiger partial charge is 0.337 e. The van der Waals surface area contributed by atoms with Crippen molar-refractivity contribution in [1.82, 2.24) is 34.4 Å². The first kappa shape index (κ1) is 23.5. The van der Waals surface area contributed by atoms with Gasteiger partial charge < -0.3 is 14.7 Å². The van der Waals surface area contributed by atoms with Crippen LogP contribution in [0.1, 0.15) is 22.5 Å². The Morgan fingerprint density at radius 1 is 1.26 bits per heavy atom. The summed E-state index contributed by atoms with van der Waals surface area (Å²) in [6, 6.07) is 6.45. The Morgan fingerprint density at radius 2 is 2.06 bits per heavy atom. The summed E-state index contributed by atoms with van der Waals surface area (Å²) in [4.78, 5) is 25.4. The lowest BCUT2D eigenvalue weighted by Gasteiger charge is -2.16. The number of aromatic carboxylic acids is 1. The Hall–Kier alpha value is -3.62. The molecule has 4 rings (SSSR count). The Kier molecular flexibility index (Phi) is 6.72. The molecule has 1 aliphatic heterocycles. The van der Waals surface area contributed by atoms with Gasteiger partial charge in [-0.1, -0.05) is 17.3 Å². The van der Waals surface area contributed by atoms with Crippen LogP contribution >= 0.6 is 0 Å². The SMILES string of the molecule is Cn1cc(S(=O)(=O)NCC(=O)N2CC[C@@H](OCc3cn(-c4ccccc4C(=O)O)nn3)C2)cn1. The van der Waals surface area contributed by atoms with Crippen molar-refractivity contribution in [2.75, 3.05) is 19.6 Å². The van der Waals surface area contributed by atoms with E-state index in [0.717, 1.165) is 0 Å². The summed E-state index contributed by atoms with van der Waals surface area (Å²) < 4.78 is 35.4. The van der Waals surface area contributed by atoms with Gasteiger partial charge in [0.25, 0.3) is 0 Å². The molecule has 0 aliphatic carbocycles. The van der Waals surface area contributed by atoms with Crippen molar-refractivity contribution >= 4 is 21.9 Å². The Morgan fingerprint density at radius 3 is 2.79 bits per heavy atom. The second kappa shape index (κ2) is 9.70. The van der Waals surface area contributed by atoms with Gasteiger partial charge >= 0.3 is 5.97 Å². The number of carbonyl (C=O) groups excluding carboxylic acids is 1. The fourth-order valence-electron chi connectivity index (χ4n) is 3.52. The van der Waals surface area contributed by atoms with E-state index >= 15 is 0 Å². The molecule has 1 saturated heterocycles. The molecule has 3 aromatic rings. The molecule has 1 atom stereocenters. The number of nitrogens with one attached hydrogen (secondary N) is 1. The fourth-order valence-corrected chi connectivity index (χ4v) is 4.48. The van der Waals surface area contributed by atoms with Gasteiger partial charge in [-0.05, 0) is 18.6 Å². The predicted octanol–water partition coefficient (Wildman–Crippen LogP) is -0.205. The van der Waals surface area contributed by atoms with Crippen LogP contribution in [0.25, 0.3) is 5.69 Å². The van der Waals surface area contributed by atoms with Crippen LogP contribution in [0, 0.1) is 0 Å². The third-order valence-corrected chi connectivity index (χ3v) is 6.65. The van der Waals surface area contributed by atoms with Gasteiger partial charge in [-0.25, -0.2) is 22.6 Å². The maximum Gasteiger partial charge on any atom is 0.337 e. The van der Waals surface area contributed by atoms with Gasteiger partial charge in [-0.2, -0.15) is 5.10 Å². The van der Waals surface area contributed by atoms with E-state index in [4.69, 9.17) is 4.74 Å². The molecule has 2 N–H and O–H groups in total. The van der Waals surface area contributed by atoms with Crippen molar-refractivity contribution < 1.29 is 27.9 Å². The van der Waals surface area contributed by atoms with Crippen molar-refractivity contribution in [3.63, 3.8) is 0 Å². The minimum absolute atomic E-state index is 0.00976. The molecular weight excluding hydrogens is 466 g/mol. The number of ether oxygens (including phenoxy) is 1. The van der Waals surface area contributed by atoms with Gasteiger partial charge in [-0.15, -0.1) is 5.10 Å². The highest BCUT2D eigenvalue weighted by molar-refractivity contribution is 7.89. The first-order valence-corrected chi connectivity index (χ1v) is 11.8. The molecule has 1 amide bonds. The lowest BCUT2D eigenvalue weighted by atomic mass is 10.2. The van der Waals surface area contributed by atoms with Gasteiger partial charge in [-0.3, -0.25) is 9.48 Å². The van der Waals surface area contributed by atoms with Gasteiger partial charge in [0.05, 0.1) is 42.9 Å². The molecule has 0 saturated carbocycles. The van der Waals surface area contributed by atoms with Crippen LogP contribution in [0.3, 0.4) is 0 Å². The summed E-state index contributed by atoms with van der Waals surface area (Å²) in [5.74, 6) is -1.42. The van der Waals surface area contributed by atoms with Crippen LogP contribution in [0.15, 0.2) is 47.8 Å². The zero-order chi connectivity index (χ0) is 24.3. The summed E-state index contributed by atoms with van der Waals surface area (Å²) in [7, 11) is -2.22. The number of aryl methyl sites for hydroxylation is 1. The molecule has 34 heavy (non-hydrogen) atoms. The molecule has 14 heteroatoms. The minimum atomic E-state index is -3.82. The lowest BCUT2D eigenvalue weighted by molar-refractivity contribution is -0.129. The average Bonchev–Trinajstić information content (AvgIpc) is 3.57. The maximum atomic E-state index is 12.4. The highest BCUT2D eigenvalue weighted by Gasteiger charge is 2.28. The third-order valence-electron chi connectivity index (χ3n) is 5.29. The Labute approximate surface area is 195 Å². The van der Waals surface area contributed by atoms with Crippen molar-refractivity contribution in [2.24, 2.45) is 7.05 Å². The number of carbonyl (C=O) groups is 2. The quantitative estimate of drug-likeness (QED) is 0.414. The molecule has 180 valence electrons. The number of amides is 1. The van der Waals surface area contributed by atoms with Crippen LogP contribution in [-0.4, -0.2) is 80.8 Å². The predicted molar refractivity (Wildman–Crippen MR) is 116 cm³/mol. The second-order valence-electron chi connectivity index (χ2n) is 7.71. The molecule has 0 bridgehead atoms. The highest BCUT2D eigenvalue weighted by atomic mass is 32.2. The van der Waals surface area contributed by atoms with Crippen LogP contribution in [0.2, 0.25) is 0 Å². The number of hydrogen-bond acceptors (Lipinski definition) is 8. The van der Waals surface area contributed by atoms with Crippen LogP contribution in [-0.2, 0) is 33.2 Å². The molecule has 13 nitrogen and oxygen atoms in total. The molecular formula is C20H23N7O6S. The van der Waals surface area contributed by atoms with Crippen molar-refractivity contribution in [3.8, 4) is 5.69 Å². The van der Waals surface area contributed by atoms with Gasteiger partial charge in [0.1, 0.15) is 10.6 Å². The number of para-hydroxylation sites is 1. The van der Waals surface area contributed by atoms with E-state index in [9.17, 15) is 23.1 Å². The lowest BCUT2D eigenvalue weighted by Crippen LogP contribution is -2.39. The number of rotatable bonds is 9. The zero-order valence-corrected chi connectivity index (χ0v) is 19.1. The maximum absolute atomic E-state index is 12.4. The van der Waals surface area contributed by atoms with Crippen LogP contribution < -0.4 is 4.72 Å². The summed E-state index contributed by atoms with van der Waals surface area (Å²) in [6.07, 6.45) is 4.51. The molecule has 0 radical (unpaired) electrons. The first-order valence-electron chi connectivity index (χ1n) is 10.3. The molecule has 2 aromatic heterocycles. The summed E-state index contributed by atoms with van der Waals surface area (Å²) in [5.41, 5.74) is 0.998. The molecule has 1 fully saturated rings. The van der Waals surface area contributed by atoms with E-state index in [1.54, 1.807) is 31.4 Å². The van der Waals surface area contributed by atoms with Crippen molar-refractivity contribution in [1.29, 1.82) is 0 Å². The van der Waals surface area contributed by atoms with Crippen molar-refractivity contribution in [3.05, 3.63) is 54.1 Å². The van der Waals surface area contributed by atoms with Crippen LogP contribution in [0.5, 0.6) is 0 Å². The number of aromatic nitrogens is 5. The zero-order valence-electron chi connectivity index (χ0n) is 18.2. The van der Waals surface area contributed by atoms with E-state index in [-0.39, 0.29) is 35.6 Å². The van der Waals surface area contributed by atoms with Gasteiger partial charge in [0.2, 0.25) is 15.9 Å². The number of sulfonamides is 1. The van der Waals surface area contributed by atoms with E-state index < -0.39 is 16.0 Å². The second-order valence-corrected chi connectivity index (χ2v) is 9.48. The summed E-state index contributed by atoms with van der Waals surface area (Å²) in [6.45, 7) is 0.539. The van der Waals surface area contributed by atoms with E-state index in [0.29, 0.717) is 30.9 Å². The van der Waals surface area contributed by atoms with Gasteiger partial charge in [0, 0.05) is 26.3 Å². The highest BCUT2D eigenvalue weighted by Crippen LogP contribution is 2.17. The molecule has 1 aromatic carbocycles. The minimum Gasteiger partial charge on any atom is -0.478 e. The standard InChI is InChI=1S/C20H23N7O6S/c1-25-12-16(8-21-25)34(31,32)22-9-19(28)26-7-6-15(11-26)33-13-14-10-27(24-23-14)18-5-3-2-4-17(18)20(29)30/h2-5,8,10,12,15,22H,6-7,9,11,13H2,1H3,(H,29,30)/t15-/m1/s1. The molecule has 0 spiro atoms. The molecule has 3 heterocycles. The first-order chi connectivity index (χ1) is 16.2. The average molecular weight is 490 g/mol.